The van der Waals surface area contributed by atoms with Gasteiger partial charge in [-0.2, -0.15) is 0 Å². The molecule has 0 aromatic heterocycles. The number of carbonyl (C=O) groups is 1. The Labute approximate surface area is 187 Å². The van der Waals surface area contributed by atoms with Crippen molar-refractivity contribution in [1.29, 1.82) is 0 Å². The minimum absolute atomic E-state index is 0.209. The van der Waals surface area contributed by atoms with Gasteiger partial charge in [0.25, 0.3) is 0 Å². The fourth-order valence-corrected chi connectivity index (χ4v) is 5.12. The van der Waals surface area contributed by atoms with Crippen molar-refractivity contribution in [3.63, 3.8) is 0 Å². The topological polar surface area (TPSA) is 47.9 Å². The molecule has 0 aliphatic carbocycles. The molecule has 1 fully saturated rings. The molecule has 5 nitrogen and oxygen atoms in total. The minimum atomic E-state index is -0.209. The molecule has 2 aromatic carbocycles. The van der Waals surface area contributed by atoms with E-state index in [0.717, 1.165) is 55.6 Å². The number of guanidine groups is 1. The molecule has 2 aliphatic heterocycles. The number of hydrogen-bond acceptors (Lipinski definition) is 3. The quantitative estimate of drug-likeness (QED) is 0.305. The van der Waals surface area contributed by atoms with Crippen molar-refractivity contribution >= 4 is 29.3 Å². The van der Waals surface area contributed by atoms with Crippen LogP contribution in [0.3, 0.4) is 0 Å². The van der Waals surface area contributed by atoms with Crippen LogP contribution in [0.2, 0.25) is 0 Å². The number of aliphatic imine (C=N–C) groups is 1. The standard InChI is InChI=1S/C24H29FN4OS/c1-26-24(27-13-16-31-20-10-8-19(25)9-11-20)29-17-18(21-5-2-3-6-22(21)29)12-15-28-14-4-7-23(28)30/h2-3,5-6,8-11,18H,4,7,12-17H2,1H3,(H,26,27). The number of benzene rings is 2. The Morgan fingerprint density at radius 2 is 2.03 bits per heavy atom. The van der Waals surface area contributed by atoms with Crippen molar-refractivity contribution < 1.29 is 9.18 Å². The van der Waals surface area contributed by atoms with E-state index in [1.807, 2.05) is 11.9 Å². The number of amides is 1. The molecule has 0 saturated carbocycles. The summed E-state index contributed by atoms with van der Waals surface area (Å²) >= 11 is 1.69. The van der Waals surface area contributed by atoms with Crippen LogP contribution in [0, 0.1) is 5.82 Å². The first-order valence-electron chi connectivity index (χ1n) is 10.9. The summed E-state index contributed by atoms with van der Waals surface area (Å²) in [7, 11) is 1.81. The average molecular weight is 441 g/mol. The molecule has 1 atom stereocenters. The molecule has 0 radical (unpaired) electrons. The second-order valence-corrected chi connectivity index (χ2v) is 9.08. The van der Waals surface area contributed by atoms with Crippen LogP contribution in [0.25, 0.3) is 0 Å². The number of para-hydroxylation sites is 1. The van der Waals surface area contributed by atoms with Gasteiger partial charge in [-0.3, -0.25) is 9.79 Å². The molecule has 2 heterocycles. The van der Waals surface area contributed by atoms with Crippen LogP contribution in [0.1, 0.15) is 30.7 Å². The Kier molecular flexibility index (Phi) is 7.12. The van der Waals surface area contributed by atoms with Crippen molar-refractivity contribution in [2.45, 2.75) is 30.1 Å². The number of anilines is 1. The number of hydrogen-bond donors (Lipinski definition) is 1. The maximum atomic E-state index is 13.1. The van der Waals surface area contributed by atoms with Gasteiger partial charge in [0.1, 0.15) is 5.82 Å². The molecular weight excluding hydrogens is 411 g/mol. The Morgan fingerprint density at radius 3 is 2.77 bits per heavy atom. The van der Waals surface area contributed by atoms with E-state index in [1.165, 1.54) is 23.4 Å². The van der Waals surface area contributed by atoms with E-state index in [0.29, 0.717) is 18.2 Å². The van der Waals surface area contributed by atoms with Gasteiger partial charge in [-0.15, -0.1) is 11.8 Å². The summed E-state index contributed by atoms with van der Waals surface area (Å²) in [5, 5.41) is 3.48. The van der Waals surface area contributed by atoms with Gasteiger partial charge < -0.3 is 15.1 Å². The lowest BCUT2D eigenvalue weighted by molar-refractivity contribution is -0.127. The SMILES string of the molecule is CN=C(NCCSc1ccc(F)cc1)N1CC(CCN2CCCC2=O)c2ccccc21. The zero-order chi connectivity index (χ0) is 21.6. The van der Waals surface area contributed by atoms with Gasteiger partial charge in [-0.25, -0.2) is 4.39 Å². The van der Waals surface area contributed by atoms with Crippen LogP contribution in [0.5, 0.6) is 0 Å². The molecule has 1 amide bonds. The summed E-state index contributed by atoms with van der Waals surface area (Å²) in [6, 6.07) is 15.1. The second kappa shape index (κ2) is 10.2. The molecule has 7 heteroatoms. The van der Waals surface area contributed by atoms with E-state index >= 15 is 0 Å². The molecule has 0 spiro atoms. The number of halogens is 1. The van der Waals surface area contributed by atoms with Crippen molar-refractivity contribution in [1.82, 2.24) is 10.2 Å². The average Bonchev–Trinajstić information content (AvgIpc) is 3.37. The predicted molar refractivity (Wildman–Crippen MR) is 125 cm³/mol. The lowest BCUT2D eigenvalue weighted by Crippen LogP contribution is -2.42. The second-order valence-electron chi connectivity index (χ2n) is 7.92. The third-order valence-corrected chi connectivity index (χ3v) is 6.94. The number of thioether (sulfide) groups is 1. The molecule has 1 N–H and O–H groups in total. The third-order valence-electron chi connectivity index (χ3n) is 5.92. The van der Waals surface area contributed by atoms with Gasteiger partial charge in [-0.05, 0) is 48.7 Å². The van der Waals surface area contributed by atoms with Crippen LogP contribution in [-0.4, -0.2) is 55.7 Å². The van der Waals surface area contributed by atoms with E-state index in [9.17, 15) is 9.18 Å². The Hall–Kier alpha value is -2.54. The fourth-order valence-electron chi connectivity index (χ4n) is 4.35. The fraction of sp³-hybridized carbons (Fsp3) is 0.417. The van der Waals surface area contributed by atoms with Crippen molar-refractivity contribution in [2.24, 2.45) is 4.99 Å². The van der Waals surface area contributed by atoms with Crippen LogP contribution in [0.15, 0.2) is 58.4 Å². The zero-order valence-electron chi connectivity index (χ0n) is 17.9. The van der Waals surface area contributed by atoms with E-state index in [-0.39, 0.29) is 5.82 Å². The molecule has 2 aliphatic rings. The number of likely N-dealkylation sites (tertiary alicyclic amines) is 1. The first-order chi connectivity index (χ1) is 15.2. The number of nitrogens with one attached hydrogen (secondary N) is 1. The monoisotopic (exact) mass is 440 g/mol. The van der Waals surface area contributed by atoms with Gasteiger partial charge in [0.05, 0.1) is 0 Å². The molecule has 4 rings (SSSR count). The molecular formula is C24H29FN4OS. The van der Waals surface area contributed by atoms with Crippen LogP contribution >= 0.6 is 11.8 Å². The maximum Gasteiger partial charge on any atom is 0.222 e. The molecule has 0 bridgehead atoms. The maximum absolute atomic E-state index is 13.1. The van der Waals surface area contributed by atoms with Gasteiger partial charge >= 0.3 is 0 Å². The van der Waals surface area contributed by atoms with E-state index < -0.39 is 0 Å². The van der Waals surface area contributed by atoms with E-state index in [4.69, 9.17) is 0 Å². The van der Waals surface area contributed by atoms with Gasteiger partial charge in [-0.1, -0.05) is 18.2 Å². The number of rotatable bonds is 7. The first-order valence-corrected chi connectivity index (χ1v) is 11.9. The highest BCUT2D eigenvalue weighted by molar-refractivity contribution is 7.99. The summed E-state index contributed by atoms with van der Waals surface area (Å²) in [6.45, 7) is 3.35. The van der Waals surface area contributed by atoms with Crippen molar-refractivity contribution in [2.75, 3.05) is 43.9 Å². The van der Waals surface area contributed by atoms with Gasteiger partial charge in [0.15, 0.2) is 5.96 Å². The summed E-state index contributed by atoms with van der Waals surface area (Å²) < 4.78 is 13.1. The minimum Gasteiger partial charge on any atom is -0.355 e. The number of carbonyl (C=O) groups excluding carboxylic acids is 1. The Balaban J connectivity index is 1.34. The molecule has 1 saturated heterocycles. The van der Waals surface area contributed by atoms with E-state index in [1.54, 1.807) is 23.9 Å². The molecule has 1 unspecified atom stereocenters. The van der Waals surface area contributed by atoms with Crippen LogP contribution in [-0.2, 0) is 4.79 Å². The van der Waals surface area contributed by atoms with Gasteiger partial charge in [0, 0.05) is 61.9 Å². The van der Waals surface area contributed by atoms with Crippen LogP contribution < -0.4 is 10.2 Å². The number of fused-ring (bicyclic) bond motifs is 1. The zero-order valence-corrected chi connectivity index (χ0v) is 18.7. The van der Waals surface area contributed by atoms with Crippen LogP contribution in [0.4, 0.5) is 10.1 Å². The lowest BCUT2D eigenvalue weighted by atomic mass is 9.98. The molecule has 2 aromatic rings. The predicted octanol–water partition coefficient (Wildman–Crippen LogP) is 4.11. The number of nitrogens with zero attached hydrogens (tertiary/aromatic N) is 3. The largest absolute Gasteiger partial charge is 0.355 e. The smallest absolute Gasteiger partial charge is 0.222 e. The Morgan fingerprint density at radius 1 is 1.23 bits per heavy atom. The van der Waals surface area contributed by atoms with E-state index in [2.05, 4.69) is 39.5 Å². The Bertz CT molecular complexity index is 933. The highest BCUT2D eigenvalue weighted by atomic mass is 32.2. The highest BCUT2D eigenvalue weighted by Gasteiger charge is 2.31. The summed E-state index contributed by atoms with van der Waals surface area (Å²) in [5.41, 5.74) is 2.53. The summed E-state index contributed by atoms with van der Waals surface area (Å²) in [5.74, 6) is 2.20. The summed E-state index contributed by atoms with van der Waals surface area (Å²) in [4.78, 5) is 21.8. The molecule has 164 valence electrons. The summed E-state index contributed by atoms with van der Waals surface area (Å²) in [6.07, 6.45) is 2.65. The molecule has 31 heavy (non-hydrogen) atoms. The van der Waals surface area contributed by atoms with Crippen molar-refractivity contribution in [3.05, 3.63) is 59.9 Å². The van der Waals surface area contributed by atoms with Crippen molar-refractivity contribution in [3.8, 4) is 0 Å². The highest BCUT2D eigenvalue weighted by Crippen LogP contribution is 2.38. The first kappa shape index (κ1) is 21.7. The lowest BCUT2D eigenvalue weighted by Gasteiger charge is -2.23. The third kappa shape index (κ3) is 5.21. The van der Waals surface area contributed by atoms with Gasteiger partial charge in [0.2, 0.25) is 5.91 Å². The normalized spacial score (nSPS) is 18.6.